The number of amides is 2. The van der Waals surface area contributed by atoms with Crippen LogP contribution < -0.4 is 5.32 Å². The van der Waals surface area contributed by atoms with E-state index in [1.165, 1.54) is 29.0 Å². The van der Waals surface area contributed by atoms with Gasteiger partial charge in [0.25, 0.3) is 5.91 Å². The summed E-state index contributed by atoms with van der Waals surface area (Å²) in [6, 6.07) is 8.71. The second kappa shape index (κ2) is 7.78. The van der Waals surface area contributed by atoms with Crippen molar-refractivity contribution in [1.29, 1.82) is 0 Å². The van der Waals surface area contributed by atoms with Crippen molar-refractivity contribution in [3.05, 3.63) is 35.4 Å². The van der Waals surface area contributed by atoms with Gasteiger partial charge in [-0.25, -0.2) is 5.01 Å². The quantitative estimate of drug-likeness (QED) is 0.888. The van der Waals surface area contributed by atoms with E-state index in [9.17, 15) is 9.59 Å². The molecule has 0 radical (unpaired) electrons. The van der Waals surface area contributed by atoms with E-state index in [1.54, 1.807) is 7.05 Å². The van der Waals surface area contributed by atoms with E-state index in [2.05, 4.69) is 46.5 Å². The van der Waals surface area contributed by atoms with Crippen LogP contribution in [0.3, 0.4) is 0 Å². The van der Waals surface area contributed by atoms with Crippen molar-refractivity contribution in [1.82, 2.24) is 15.2 Å². The van der Waals surface area contributed by atoms with Gasteiger partial charge in [0.1, 0.15) is 5.71 Å². The number of nitrogens with zero attached hydrogens (tertiary/aromatic N) is 3. The van der Waals surface area contributed by atoms with Crippen LogP contribution in [0, 0.1) is 6.92 Å². The molecule has 1 N–H and O–H groups in total. The van der Waals surface area contributed by atoms with Crippen molar-refractivity contribution in [2.75, 3.05) is 26.7 Å². The Labute approximate surface area is 148 Å². The van der Waals surface area contributed by atoms with Gasteiger partial charge >= 0.3 is 0 Å². The molecule has 0 saturated carbocycles. The molecule has 6 nitrogen and oxygen atoms in total. The van der Waals surface area contributed by atoms with Gasteiger partial charge in [-0.05, 0) is 38.4 Å². The lowest BCUT2D eigenvalue weighted by Crippen LogP contribution is -2.41. The molecule has 2 aliphatic rings. The number of benzene rings is 1. The largest absolute Gasteiger partial charge is 0.349 e. The third-order valence-corrected chi connectivity index (χ3v) is 4.97. The summed E-state index contributed by atoms with van der Waals surface area (Å²) >= 11 is 0. The Hall–Kier alpha value is -2.21. The fraction of sp³-hybridized carbons (Fsp3) is 0.526. The molecular formula is C19H26N4O2. The second-order valence-corrected chi connectivity index (χ2v) is 6.84. The zero-order valence-corrected chi connectivity index (χ0v) is 15.0. The monoisotopic (exact) mass is 342 g/mol. The van der Waals surface area contributed by atoms with Crippen molar-refractivity contribution in [2.24, 2.45) is 5.10 Å². The average molecular weight is 342 g/mol. The van der Waals surface area contributed by atoms with Gasteiger partial charge in [-0.1, -0.05) is 29.8 Å². The molecule has 0 aromatic heterocycles. The van der Waals surface area contributed by atoms with E-state index in [0.717, 1.165) is 13.1 Å². The molecule has 134 valence electrons. The van der Waals surface area contributed by atoms with Crippen LogP contribution in [0.5, 0.6) is 0 Å². The first-order chi connectivity index (χ1) is 12.0. The first-order valence-corrected chi connectivity index (χ1v) is 8.97. The Bertz CT molecular complexity index is 663. The van der Waals surface area contributed by atoms with Crippen LogP contribution in [0.15, 0.2) is 29.4 Å². The number of hydrogen-bond donors (Lipinski definition) is 1. The highest BCUT2D eigenvalue weighted by molar-refractivity contribution is 6.39. The molecule has 6 heteroatoms. The first kappa shape index (κ1) is 17.6. The van der Waals surface area contributed by atoms with Crippen molar-refractivity contribution in [3.8, 4) is 0 Å². The number of hydrogen-bond acceptors (Lipinski definition) is 4. The summed E-state index contributed by atoms with van der Waals surface area (Å²) in [4.78, 5) is 26.4. The van der Waals surface area contributed by atoms with Crippen molar-refractivity contribution >= 4 is 17.5 Å². The molecule has 0 bridgehead atoms. The molecular weight excluding hydrogens is 316 g/mol. The number of carbonyl (C=O) groups is 2. The topological polar surface area (TPSA) is 65.0 Å². The molecule has 1 fully saturated rings. The van der Waals surface area contributed by atoms with E-state index < -0.39 is 0 Å². The van der Waals surface area contributed by atoms with Crippen LogP contribution in [-0.2, 0) is 9.59 Å². The number of aryl methyl sites for hydroxylation is 1. The van der Waals surface area contributed by atoms with Crippen LogP contribution in [-0.4, -0.2) is 54.1 Å². The first-order valence-electron chi connectivity index (χ1n) is 8.97. The number of nitrogens with one attached hydrogen (secondary N) is 1. The Morgan fingerprint density at radius 3 is 2.52 bits per heavy atom. The van der Waals surface area contributed by atoms with Gasteiger partial charge in [0.05, 0.1) is 6.04 Å². The van der Waals surface area contributed by atoms with E-state index in [1.807, 2.05) is 0 Å². The second-order valence-electron chi connectivity index (χ2n) is 6.84. The standard InChI is InChI=1S/C19H26N4O2/c1-14-5-7-15(8-6-14)17(23-11-3-4-12-23)13-20-19(25)16-9-10-18(24)22(2)21-16/h5-8,17H,3-4,9-13H2,1-2H3,(H,20,25)/t17-/m0/s1. The third kappa shape index (κ3) is 4.25. The maximum Gasteiger partial charge on any atom is 0.267 e. The molecule has 2 heterocycles. The average Bonchev–Trinajstić information content (AvgIpc) is 3.13. The van der Waals surface area contributed by atoms with Crippen LogP contribution in [0.1, 0.15) is 42.9 Å². The zero-order chi connectivity index (χ0) is 17.8. The van der Waals surface area contributed by atoms with Crippen molar-refractivity contribution in [3.63, 3.8) is 0 Å². The normalized spacial score (nSPS) is 19.7. The predicted molar refractivity (Wildman–Crippen MR) is 97.2 cm³/mol. The van der Waals surface area contributed by atoms with E-state index >= 15 is 0 Å². The number of carbonyl (C=O) groups excluding carboxylic acids is 2. The summed E-state index contributed by atoms with van der Waals surface area (Å²) in [5, 5.41) is 8.39. The van der Waals surface area contributed by atoms with Gasteiger partial charge in [-0.15, -0.1) is 0 Å². The van der Waals surface area contributed by atoms with Crippen LogP contribution in [0.2, 0.25) is 0 Å². The molecule has 25 heavy (non-hydrogen) atoms. The van der Waals surface area contributed by atoms with Crippen molar-refractivity contribution < 1.29 is 9.59 Å². The van der Waals surface area contributed by atoms with E-state index in [-0.39, 0.29) is 17.9 Å². The summed E-state index contributed by atoms with van der Waals surface area (Å²) in [5.74, 6) is -0.221. The van der Waals surface area contributed by atoms with Crippen molar-refractivity contribution in [2.45, 2.75) is 38.6 Å². The highest BCUT2D eigenvalue weighted by atomic mass is 16.2. The number of rotatable bonds is 5. The van der Waals surface area contributed by atoms with Gasteiger partial charge in [0.15, 0.2) is 0 Å². The Kier molecular flexibility index (Phi) is 5.48. The van der Waals surface area contributed by atoms with E-state index in [4.69, 9.17) is 0 Å². The molecule has 1 saturated heterocycles. The zero-order valence-electron chi connectivity index (χ0n) is 15.0. The summed E-state index contributed by atoms with van der Waals surface area (Å²) < 4.78 is 0. The molecule has 0 unspecified atom stereocenters. The maximum absolute atomic E-state index is 12.5. The fourth-order valence-electron chi connectivity index (χ4n) is 3.42. The van der Waals surface area contributed by atoms with Crippen LogP contribution >= 0.6 is 0 Å². The minimum atomic E-state index is -0.171. The summed E-state index contributed by atoms with van der Waals surface area (Å²) in [6.07, 6.45) is 3.16. The predicted octanol–water partition coefficient (Wildman–Crippen LogP) is 1.86. The number of likely N-dealkylation sites (tertiary alicyclic amines) is 1. The fourth-order valence-corrected chi connectivity index (χ4v) is 3.42. The SMILES string of the molecule is Cc1ccc([C@H](CNC(=O)C2=NN(C)C(=O)CC2)N2CCCC2)cc1. The lowest BCUT2D eigenvalue weighted by molar-refractivity contribution is -0.130. The molecule has 0 spiro atoms. The van der Waals surface area contributed by atoms with Gasteiger partial charge in [0.2, 0.25) is 5.91 Å². The molecule has 1 aromatic rings. The minimum Gasteiger partial charge on any atom is -0.349 e. The molecule has 1 aromatic carbocycles. The Morgan fingerprint density at radius 2 is 1.88 bits per heavy atom. The van der Waals surface area contributed by atoms with Gasteiger partial charge in [-0.3, -0.25) is 14.5 Å². The lowest BCUT2D eigenvalue weighted by atomic mass is 10.0. The summed E-state index contributed by atoms with van der Waals surface area (Å²) in [5.41, 5.74) is 2.90. The van der Waals surface area contributed by atoms with Crippen LogP contribution in [0.4, 0.5) is 0 Å². The van der Waals surface area contributed by atoms with Gasteiger partial charge in [-0.2, -0.15) is 5.10 Å². The Balaban J connectivity index is 1.68. The summed E-state index contributed by atoms with van der Waals surface area (Å²) in [6.45, 7) is 4.76. The Morgan fingerprint density at radius 1 is 1.20 bits per heavy atom. The third-order valence-electron chi connectivity index (χ3n) is 4.97. The lowest BCUT2D eigenvalue weighted by Gasteiger charge is -2.28. The maximum atomic E-state index is 12.5. The summed E-state index contributed by atoms with van der Waals surface area (Å²) in [7, 11) is 1.59. The molecule has 0 aliphatic carbocycles. The highest BCUT2D eigenvalue weighted by Crippen LogP contribution is 2.25. The van der Waals surface area contributed by atoms with Crippen LogP contribution in [0.25, 0.3) is 0 Å². The highest BCUT2D eigenvalue weighted by Gasteiger charge is 2.26. The molecule has 2 aliphatic heterocycles. The smallest absolute Gasteiger partial charge is 0.267 e. The number of hydrazone groups is 1. The minimum absolute atomic E-state index is 0.0499. The van der Waals surface area contributed by atoms with E-state index in [0.29, 0.717) is 25.1 Å². The molecule has 1 atom stereocenters. The van der Waals surface area contributed by atoms with Gasteiger partial charge < -0.3 is 5.32 Å². The van der Waals surface area contributed by atoms with Gasteiger partial charge in [0, 0.05) is 26.4 Å². The molecule has 3 rings (SSSR count). The molecule has 2 amide bonds.